The van der Waals surface area contributed by atoms with Crippen LogP contribution in [0.1, 0.15) is 31.6 Å². The van der Waals surface area contributed by atoms with Gasteiger partial charge in [-0.25, -0.2) is 4.98 Å². The van der Waals surface area contributed by atoms with Crippen LogP contribution in [0.5, 0.6) is 0 Å². The number of rotatable bonds is 5. The fourth-order valence-corrected chi connectivity index (χ4v) is 5.39. The molecule has 140 valence electrons. The van der Waals surface area contributed by atoms with Gasteiger partial charge in [0.2, 0.25) is 11.7 Å². The Labute approximate surface area is 152 Å². The van der Waals surface area contributed by atoms with Crippen molar-refractivity contribution < 1.29 is 12.9 Å². The Morgan fingerprint density at radius 2 is 1.92 bits per heavy atom. The third-order valence-corrected chi connectivity index (χ3v) is 6.92. The highest BCUT2D eigenvalue weighted by Gasteiger charge is 2.35. The van der Waals surface area contributed by atoms with Crippen LogP contribution in [0.3, 0.4) is 0 Å². The van der Waals surface area contributed by atoms with Crippen molar-refractivity contribution in [1.82, 2.24) is 28.7 Å². The molecule has 2 fully saturated rings. The van der Waals surface area contributed by atoms with Crippen LogP contribution in [0.2, 0.25) is 0 Å². The van der Waals surface area contributed by atoms with Gasteiger partial charge >= 0.3 is 0 Å². The SMILES string of the molecule is O=S(=O)(N1CCCC1)N1CCCC(Cc2nc(-c3cnccn3)no2)C1. The first-order valence-electron chi connectivity index (χ1n) is 8.97. The van der Waals surface area contributed by atoms with Crippen LogP contribution in [-0.2, 0) is 16.6 Å². The lowest BCUT2D eigenvalue weighted by atomic mass is 9.96. The molecule has 10 heteroatoms. The van der Waals surface area contributed by atoms with E-state index >= 15 is 0 Å². The van der Waals surface area contributed by atoms with E-state index in [0.29, 0.717) is 50.0 Å². The summed E-state index contributed by atoms with van der Waals surface area (Å²) in [6.07, 6.45) is 9.01. The molecule has 0 aliphatic carbocycles. The van der Waals surface area contributed by atoms with Gasteiger partial charge in [-0.3, -0.25) is 4.98 Å². The second-order valence-corrected chi connectivity index (χ2v) is 8.72. The minimum Gasteiger partial charge on any atom is -0.339 e. The fourth-order valence-electron chi connectivity index (χ4n) is 3.59. The quantitative estimate of drug-likeness (QED) is 0.767. The monoisotopic (exact) mass is 378 g/mol. The van der Waals surface area contributed by atoms with Crippen molar-refractivity contribution in [2.45, 2.75) is 32.1 Å². The van der Waals surface area contributed by atoms with Crippen molar-refractivity contribution in [3.8, 4) is 11.5 Å². The lowest BCUT2D eigenvalue weighted by molar-refractivity contribution is 0.236. The van der Waals surface area contributed by atoms with E-state index in [-0.39, 0.29) is 5.92 Å². The van der Waals surface area contributed by atoms with Crippen LogP contribution in [0.4, 0.5) is 0 Å². The third kappa shape index (κ3) is 3.62. The predicted molar refractivity (Wildman–Crippen MR) is 93.1 cm³/mol. The molecule has 0 radical (unpaired) electrons. The van der Waals surface area contributed by atoms with Crippen LogP contribution in [-0.4, -0.2) is 63.3 Å². The Kier molecular flexibility index (Phi) is 4.96. The second kappa shape index (κ2) is 7.37. The number of nitrogens with zero attached hydrogens (tertiary/aromatic N) is 6. The molecule has 0 saturated carbocycles. The zero-order chi connectivity index (χ0) is 18.0. The maximum atomic E-state index is 12.8. The van der Waals surface area contributed by atoms with Crippen molar-refractivity contribution >= 4 is 10.2 Å². The van der Waals surface area contributed by atoms with E-state index in [1.165, 1.54) is 0 Å². The fraction of sp³-hybridized carbons (Fsp3) is 0.625. The van der Waals surface area contributed by atoms with Crippen LogP contribution >= 0.6 is 0 Å². The van der Waals surface area contributed by atoms with E-state index in [2.05, 4.69) is 20.1 Å². The highest BCUT2D eigenvalue weighted by Crippen LogP contribution is 2.26. The van der Waals surface area contributed by atoms with Gasteiger partial charge in [0.05, 0.1) is 6.20 Å². The molecule has 0 aromatic carbocycles. The summed E-state index contributed by atoms with van der Waals surface area (Å²) >= 11 is 0. The molecule has 0 spiro atoms. The van der Waals surface area contributed by atoms with Crippen LogP contribution in [0, 0.1) is 5.92 Å². The third-order valence-electron chi connectivity index (χ3n) is 4.92. The molecule has 0 N–H and O–H groups in total. The predicted octanol–water partition coefficient (Wildman–Crippen LogP) is 1.12. The van der Waals surface area contributed by atoms with Crippen molar-refractivity contribution in [3.63, 3.8) is 0 Å². The van der Waals surface area contributed by atoms with Crippen molar-refractivity contribution in [2.75, 3.05) is 26.2 Å². The standard InChI is InChI=1S/C16H22N6O3S/c23-26(24,21-7-1-2-8-21)22-9-3-4-13(12-22)10-15-19-16(20-25-15)14-11-17-5-6-18-14/h5-6,11,13H,1-4,7-10,12H2. The smallest absolute Gasteiger partial charge is 0.281 e. The normalized spacial score (nSPS) is 22.7. The van der Waals surface area contributed by atoms with Crippen LogP contribution < -0.4 is 0 Å². The molecule has 1 unspecified atom stereocenters. The first-order valence-corrected chi connectivity index (χ1v) is 10.4. The van der Waals surface area contributed by atoms with Gasteiger partial charge in [-0.1, -0.05) is 5.16 Å². The summed E-state index contributed by atoms with van der Waals surface area (Å²) in [5.41, 5.74) is 0.560. The topological polar surface area (TPSA) is 105 Å². The highest BCUT2D eigenvalue weighted by atomic mass is 32.2. The molecule has 2 aromatic rings. The lowest BCUT2D eigenvalue weighted by Gasteiger charge is -2.33. The largest absolute Gasteiger partial charge is 0.339 e. The van der Waals surface area contributed by atoms with Crippen LogP contribution in [0.25, 0.3) is 11.5 Å². The summed E-state index contributed by atoms with van der Waals surface area (Å²) in [5, 5.41) is 3.95. The average Bonchev–Trinajstić information content (AvgIpc) is 3.35. The number of piperidine rings is 1. The Balaban J connectivity index is 1.42. The van der Waals surface area contributed by atoms with Gasteiger partial charge < -0.3 is 4.52 Å². The molecule has 2 saturated heterocycles. The summed E-state index contributed by atoms with van der Waals surface area (Å²) in [6, 6.07) is 0. The molecular formula is C16H22N6O3S. The number of aromatic nitrogens is 4. The van der Waals surface area contributed by atoms with Gasteiger partial charge in [-0.15, -0.1) is 0 Å². The number of hydrogen-bond donors (Lipinski definition) is 0. The molecule has 1 atom stereocenters. The molecule has 0 amide bonds. The summed E-state index contributed by atoms with van der Waals surface area (Å²) < 4.78 is 34.1. The first-order chi connectivity index (χ1) is 12.6. The Morgan fingerprint density at radius 3 is 2.69 bits per heavy atom. The minimum absolute atomic E-state index is 0.177. The maximum Gasteiger partial charge on any atom is 0.281 e. The molecule has 4 heterocycles. The van der Waals surface area contributed by atoms with Crippen molar-refractivity contribution in [2.24, 2.45) is 5.92 Å². The number of hydrogen-bond acceptors (Lipinski definition) is 7. The van der Waals surface area contributed by atoms with E-state index in [0.717, 1.165) is 25.7 Å². The summed E-state index contributed by atoms with van der Waals surface area (Å²) in [6.45, 7) is 2.36. The van der Waals surface area contributed by atoms with Gasteiger partial charge in [-0.2, -0.15) is 22.0 Å². The first kappa shape index (κ1) is 17.5. The molecule has 26 heavy (non-hydrogen) atoms. The Hall–Kier alpha value is -1.91. The molecule has 4 rings (SSSR count). The zero-order valence-electron chi connectivity index (χ0n) is 14.5. The molecule has 2 aliphatic rings. The van der Waals surface area contributed by atoms with Gasteiger partial charge in [0.25, 0.3) is 10.2 Å². The van der Waals surface area contributed by atoms with E-state index in [1.54, 1.807) is 27.2 Å². The van der Waals surface area contributed by atoms with Gasteiger partial charge in [0, 0.05) is 45.0 Å². The summed E-state index contributed by atoms with van der Waals surface area (Å²) in [7, 11) is -3.34. The van der Waals surface area contributed by atoms with E-state index < -0.39 is 10.2 Å². The Bertz CT molecular complexity index is 835. The highest BCUT2D eigenvalue weighted by molar-refractivity contribution is 7.86. The zero-order valence-corrected chi connectivity index (χ0v) is 15.3. The van der Waals surface area contributed by atoms with Crippen molar-refractivity contribution in [1.29, 1.82) is 0 Å². The molecular weight excluding hydrogens is 356 g/mol. The van der Waals surface area contributed by atoms with E-state index in [9.17, 15) is 8.42 Å². The van der Waals surface area contributed by atoms with Gasteiger partial charge in [0.15, 0.2) is 0 Å². The molecule has 2 aromatic heterocycles. The molecule has 0 bridgehead atoms. The molecule has 9 nitrogen and oxygen atoms in total. The molecule has 2 aliphatic heterocycles. The lowest BCUT2D eigenvalue weighted by Crippen LogP contribution is -2.47. The second-order valence-electron chi connectivity index (χ2n) is 6.79. The average molecular weight is 378 g/mol. The van der Waals surface area contributed by atoms with Crippen molar-refractivity contribution in [3.05, 3.63) is 24.5 Å². The Morgan fingerprint density at radius 1 is 1.12 bits per heavy atom. The minimum atomic E-state index is -3.34. The van der Waals surface area contributed by atoms with Gasteiger partial charge in [0.1, 0.15) is 5.69 Å². The summed E-state index contributed by atoms with van der Waals surface area (Å²) in [4.78, 5) is 12.5. The maximum absolute atomic E-state index is 12.8. The van der Waals surface area contributed by atoms with Gasteiger partial charge in [-0.05, 0) is 31.6 Å². The van der Waals surface area contributed by atoms with E-state index in [1.807, 2.05) is 0 Å². The van der Waals surface area contributed by atoms with Crippen LogP contribution in [0.15, 0.2) is 23.1 Å². The van der Waals surface area contributed by atoms with E-state index in [4.69, 9.17) is 4.52 Å². The summed E-state index contributed by atoms with van der Waals surface area (Å²) in [5.74, 6) is 1.10.